The highest BCUT2D eigenvalue weighted by molar-refractivity contribution is 5.64. The highest BCUT2D eigenvalue weighted by Crippen LogP contribution is 2.27. The van der Waals surface area contributed by atoms with Gasteiger partial charge in [0.05, 0.1) is 11.8 Å². The Bertz CT molecular complexity index is 1080. The van der Waals surface area contributed by atoms with Crippen LogP contribution in [-0.4, -0.2) is 63.1 Å². The van der Waals surface area contributed by atoms with Crippen molar-refractivity contribution in [3.05, 3.63) is 59.9 Å². The summed E-state index contributed by atoms with van der Waals surface area (Å²) in [5.74, 6) is -1.00. The lowest BCUT2D eigenvalue weighted by atomic mass is 10.1. The summed E-state index contributed by atoms with van der Waals surface area (Å²) in [6.45, 7) is 9.41. The molecule has 2 unspecified atom stereocenters. The molecule has 7 nitrogen and oxygen atoms in total. The zero-order valence-electron chi connectivity index (χ0n) is 19.2. The van der Waals surface area contributed by atoms with Crippen LogP contribution >= 0.6 is 0 Å². The van der Waals surface area contributed by atoms with Crippen LogP contribution in [0.1, 0.15) is 25.8 Å². The normalized spacial score (nSPS) is 17.9. The van der Waals surface area contributed by atoms with Gasteiger partial charge in [-0.25, -0.2) is 13.5 Å². The predicted molar refractivity (Wildman–Crippen MR) is 125 cm³/mol. The van der Waals surface area contributed by atoms with Gasteiger partial charge in [-0.05, 0) is 56.2 Å². The molecule has 3 aromatic rings. The van der Waals surface area contributed by atoms with Crippen molar-refractivity contribution >= 4 is 17.3 Å². The summed E-state index contributed by atoms with van der Waals surface area (Å²) in [6, 6.07) is 9.83. The van der Waals surface area contributed by atoms with Crippen molar-refractivity contribution in [2.24, 2.45) is 0 Å². The molecule has 1 saturated heterocycles. The van der Waals surface area contributed by atoms with Gasteiger partial charge in [-0.3, -0.25) is 4.90 Å². The molecule has 0 amide bonds. The van der Waals surface area contributed by atoms with Crippen molar-refractivity contribution in [3.8, 4) is 5.69 Å². The molecule has 0 bridgehead atoms. The smallest absolute Gasteiger partial charge is 0.246 e. The van der Waals surface area contributed by atoms with Gasteiger partial charge >= 0.3 is 0 Å². The van der Waals surface area contributed by atoms with Crippen molar-refractivity contribution in [2.75, 3.05) is 36.4 Å². The Hall–Kier alpha value is -3.04. The molecule has 1 fully saturated rings. The lowest BCUT2D eigenvalue weighted by Crippen LogP contribution is -2.54. The number of nitrogens with zero attached hydrogens (tertiary/aromatic N) is 5. The van der Waals surface area contributed by atoms with E-state index in [9.17, 15) is 13.9 Å². The molecule has 9 heteroatoms. The first-order valence-electron chi connectivity index (χ1n) is 11.2. The molecule has 0 saturated carbocycles. The Morgan fingerprint density at radius 2 is 1.85 bits per heavy atom. The van der Waals surface area contributed by atoms with Crippen LogP contribution in [0.25, 0.3) is 5.69 Å². The van der Waals surface area contributed by atoms with E-state index in [0.717, 1.165) is 49.1 Å². The first kappa shape index (κ1) is 23.1. The molecule has 2 atom stereocenters. The maximum atomic E-state index is 13.5. The third-order valence-electron chi connectivity index (χ3n) is 5.86. The van der Waals surface area contributed by atoms with Crippen molar-refractivity contribution in [3.63, 3.8) is 0 Å². The number of aryl methyl sites for hydroxylation is 1. The lowest BCUT2D eigenvalue weighted by molar-refractivity contribution is 0.0886. The minimum Gasteiger partial charge on any atom is -0.392 e. The summed E-state index contributed by atoms with van der Waals surface area (Å²) in [7, 11) is 0. The monoisotopic (exact) mass is 456 g/mol. The van der Waals surface area contributed by atoms with E-state index in [2.05, 4.69) is 44.3 Å². The number of benzene rings is 2. The molecule has 2 heterocycles. The zero-order valence-corrected chi connectivity index (χ0v) is 19.2. The average molecular weight is 457 g/mol. The summed E-state index contributed by atoms with van der Waals surface area (Å²) in [6.07, 6.45) is 2.10. The second kappa shape index (κ2) is 9.84. The third-order valence-corrected chi connectivity index (χ3v) is 5.86. The number of nitrogens with one attached hydrogen (secondary N) is 1. The molecule has 176 valence electrons. The molecule has 1 aromatic heterocycles. The quantitative estimate of drug-likeness (QED) is 0.562. The van der Waals surface area contributed by atoms with Gasteiger partial charge in [0.1, 0.15) is 18.0 Å². The van der Waals surface area contributed by atoms with E-state index in [4.69, 9.17) is 0 Å². The maximum Gasteiger partial charge on any atom is 0.246 e. The van der Waals surface area contributed by atoms with Crippen molar-refractivity contribution in [1.82, 2.24) is 19.7 Å². The van der Waals surface area contributed by atoms with Gasteiger partial charge in [-0.2, -0.15) is 4.98 Å². The Morgan fingerprint density at radius 1 is 1.09 bits per heavy atom. The number of anilines is 3. The molecule has 0 spiro atoms. The van der Waals surface area contributed by atoms with Crippen LogP contribution in [0.5, 0.6) is 0 Å². The fourth-order valence-corrected chi connectivity index (χ4v) is 4.36. The Labute approximate surface area is 192 Å². The maximum absolute atomic E-state index is 13.5. The molecule has 1 aliphatic heterocycles. The predicted octanol–water partition coefficient (Wildman–Crippen LogP) is 3.88. The fourth-order valence-electron chi connectivity index (χ4n) is 4.36. The molecule has 0 aliphatic carbocycles. The van der Waals surface area contributed by atoms with E-state index in [-0.39, 0.29) is 11.8 Å². The van der Waals surface area contributed by atoms with Gasteiger partial charge in [-0.15, -0.1) is 5.10 Å². The molecule has 4 rings (SSSR count). The average Bonchev–Trinajstić information content (AvgIpc) is 3.21. The van der Waals surface area contributed by atoms with Gasteiger partial charge in [0, 0.05) is 49.7 Å². The summed E-state index contributed by atoms with van der Waals surface area (Å²) < 4.78 is 28.4. The number of aromatic nitrogens is 3. The van der Waals surface area contributed by atoms with Crippen molar-refractivity contribution in [2.45, 2.75) is 39.3 Å². The second-order valence-corrected chi connectivity index (χ2v) is 8.67. The van der Waals surface area contributed by atoms with Crippen LogP contribution in [0.15, 0.2) is 42.7 Å². The van der Waals surface area contributed by atoms with Gasteiger partial charge in [-0.1, -0.05) is 6.92 Å². The summed E-state index contributed by atoms with van der Waals surface area (Å²) in [4.78, 5) is 8.96. The van der Waals surface area contributed by atoms with Gasteiger partial charge < -0.3 is 15.3 Å². The Kier molecular flexibility index (Phi) is 6.90. The highest BCUT2D eigenvalue weighted by atomic mass is 19.1. The van der Waals surface area contributed by atoms with Crippen LogP contribution in [0, 0.1) is 18.6 Å². The number of halogens is 2. The first-order chi connectivity index (χ1) is 15.8. The topological polar surface area (TPSA) is 69.5 Å². The van der Waals surface area contributed by atoms with Crippen LogP contribution in [0.3, 0.4) is 0 Å². The van der Waals surface area contributed by atoms with Crippen LogP contribution in [0.4, 0.5) is 26.1 Å². The van der Waals surface area contributed by atoms with Gasteiger partial charge in [0.2, 0.25) is 5.95 Å². The molecular formula is C24H30F2N6O. The lowest BCUT2D eigenvalue weighted by Gasteiger charge is -2.43. The summed E-state index contributed by atoms with van der Waals surface area (Å²) in [5, 5.41) is 17.3. The summed E-state index contributed by atoms with van der Waals surface area (Å²) >= 11 is 0. The van der Waals surface area contributed by atoms with E-state index in [0.29, 0.717) is 18.5 Å². The second-order valence-electron chi connectivity index (χ2n) is 8.67. The largest absolute Gasteiger partial charge is 0.392 e. The number of aliphatic hydroxyl groups excluding tert-OH is 1. The Morgan fingerprint density at radius 3 is 2.55 bits per heavy atom. The highest BCUT2D eigenvalue weighted by Gasteiger charge is 2.26. The molecule has 2 N–H and O–H groups in total. The minimum absolute atomic E-state index is 0.263. The van der Waals surface area contributed by atoms with E-state index < -0.39 is 11.6 Å². The number of piperazine rings is 1. The third kappa shape index (κ3) is 5.66. The molecule has 33 heavy (non-hydrogen) atoms. The van der Waals surface area contributed by atoms with E-state index in [1.165, 1.54) is 23.1 Å². The van der Waals surface area contributed by atoms with Crippen molar-refractivity contribution in [1.29, 1.82) is 0 Å². The zero-order chi connectivity index (χ0) is 23.5. The van der Waals surface area contributed by atoms with Crippen LogP contribution < -0.4 is 10.2 Å². The molecule has 0 radical (unpaired) electrons. The number of β-amino-alcohol motifs (C(OH)–C–C–N with tert-alkyl or cyclic N) is 1. The Balaban J connectivity index is 1.50. The van der Waals surface area contributed by atoms with Crippen molar-refractivity contribution < 1.29 is 13.9 Å². The number of hydrogen-bond donors (Lipinski definition) is 2. The van der Waals surface area contributed by atoms with Crippen LogP contribution in [-0.2, 0) is 0 Å². The van der Waals surface area contributed by atoms with Crippen LogP contribution in [0.2, 0.25) is 0 Å². The standard InChI is InChI=1S/C24H30F2N6O/c1-4-21-14-31(6-5-30(21)13-17(3)33)22-8-16(2)7-20(12-22)28-24-27-15-32(29-24)23-10-18(25)9-19(26)11-23/h7-12,15,17,21,33H,4-6,13-14H2,1-3H3,(H,28,29). The molecule has 1 aliphatic rings. The first-order valence-corrected chi connectivity index (χ1v) is 11.2. The fraction of sp³-hybridized carbons (Fsp3) is 0.417. The summed E-state index contributed by atoms with van der Waals surface area (Å²) in [5.41, 5.74) is 3.31. The number of rotatable bonds is 7. The van der Waals surface area contributed by atoms with E-state index in [1.54, 1.807) is 0 Å². The van der Waals surface area contributed by atoms with E-state index >= 15 is 0 Å². The minimum atomic E-state index is -0.669. The van der Waals surface area contributed by atoms with E-state index in [1.807, 2.05) is 19.9 Å². The number of hydrogen-bond acceptors (Lipinski definition) is 6. The SMILES string of the molecule is CCC1CN(c2cc(C)cc(Nc3ncn(-c4cc(F)cc(F)c4)n3)c2)CCN1CC(C)O. The number of aliphatic hydroxyl groups is 1. The molecule has 2 aromatic carbocycles. The van der Waals surface area contributed by atoms with Gasteiger partial charge in [0.25, 0.3) is 0 Å². The molecular weight excluding hydrogens is 426 g/mol. The van der Waals surface area contributed by atoms with Gasteiger partial charge in [0.15, 0.2) is 0 Å².